The highest BCUT2D eigenvalue weighted by Crippen LogP contribution is 2.47. The first-order valence-corrected chi connectivity index (χ1v) is 13.4. The van der Waals surface area contributed by atoms with E-state index in [1.54, 1.807) is 86.7 Å². The number of hydrogen-bond acceptors (Lipinski definition) is 5. The molecule has 0 spiro atoms. The number of carbonyl (C=O) groups excluding carboxylic acids is 2. The molecule has 0 N–H and O–H groups in total. The maximum absolute atomic E-state index is 14.6. The van der Waals surface area contributed by atoms with E-state index in [1.165, 1.54) is 12.1 Å². The number of rotatable bonds is 7. The van der Waals surface area contributed by atoms with Gasteiger partial charge in [-0.05, 0) is 49.6 Å². The van der Waals surface area contributed by atoms with Crippen molar-refractivity contribution in [2.24, 2.45) is 5.92 Å². The van der Waals surface area contributed by atoms with E-state index in [1.807, 2.05) is 13.0 Å². The van der Waals surface area contributed by atoms with Crippen LogP contribution in [0.4, 0.5) is 0 Å². The maximum Gasteiger partial charge on any atom is 0.314 e. The van der Waals surface area contributed by atoms with E-state index in [-0.39, 0.29) is 23.6 Å². The minimum Gasteiger partial charge on any atom is -0.466 e. The molecular weight excluding hydrogens is 474 g/mol. The molecule has 4 rings (SSSR count). The molecular formula is C29H29NO5S. The van der Waals surface area contributed by atoms with Crippen LogP contribution in [0.3, 0.4) is 0 Å². The van der Waals surface area contributed by atoms with Gasteiger partial charge >= 0.3 is 5.97 Å². The van der Waals surface area contributed by atoms with E-state index in [4.69, 9.17) is 4.74 Å². The zero-order valence-electron chi connectivity index (χ0n) is 20.5. The molecule has 1 aliphatic rings. The van der Waals surface area contributed by atoms with Crippen molar-refractivity contribution >= 4 is 27.6 Å². The third-order valence-electron chi connectivity index (χ3n) is 6.66. The van der Waals surface area contributed by atoms with E-state index in [9.17, 15) is 18.0 Å². The van der Waals surface area contributed by atoms with Crippen molar-refractivity contribution < 1.29 is 22.7 Å². The van der Waals surface area contributed by atoms with E-state index in [0.717, 1.165) is 9.87 Å². The Morgan fingerprint density at radius 1 is 0.917 bits per heavy atom. The average Bonchev–Trinajstić information content (AvgIpc) is 2.89. The molecule has 0 saturated heterocycles. The Labute approximate surface area is 212 Å². The summed E-state index contributed by atoms with van der Waals surface area (Å²) in [7, 11) is -4.31. The number of aryl methyl sites for hydroxylation is 1. The average molecular weight is 504 g/mol. The number of nitrogens with zero attached hydrogens (tertiary/aromatic N) is 1. The number of carbonyl (C=O) groups is 2. The van der Waals surface area contributed by atoms with E-state index < -0.39 is 33.2 Å². The lowest BCUT2D eigenvalue weighted by Gasteiger charge is -2.44. The van der Waals surface area contributed by atoms with E-state index in [2.05, 4.69) is 0 Å². The highest BCUT2D eigenvalue weighted by molar-refractivity contribution is 7.90. The maximum atomic E-state index is 14.6. The first kappa shape index (κ1) is 25.4. The molecule has 6 nitrogen and oxygen atoms in total. The monoisotopic (exact) mass is 503 g/mol. The molecule has 36 heavy (non-hydrogen) atoms. The van der Waals surface area contributed by atoms with Crippen LogP contribution in [0, 0.1) is 12.8 Å². The van der Waals surface area contributed by atoms with Crippen LogP contribution in [-0.4, -0.2) is 31.2 Å². The van der Waals surface area contributed by atoms with Crippen molar-refractivity contribution in [1.82, 2.24) is 4.31 Å². The van der Waals surface area contributed by atoms with Crippen LogP contribution in [-0.2, 0) is 29.8 Å². The van der Waals surface area contributed by atoms with Crippen LogP contribution in [0.25, 0.3) is 5.70 Å². The lowest BCUT2D eigenvalue weighted by atomic mass is 9.65. The molecule has 0 fully saturated rings. The molecule has 3 aromatic carbocycles. The van der Waals surface area contributed by atoms with Gasteiger partial charge in [-0.25, -0.2) is 12.7 Å². The number of esters is 1. The van der Waals surface area contributed by atoms with Crippen LogP contribution < -0.4 is 0 Å². The van der Waals surface area contributed by atoms with Crippen LogP contribution in [0.1, 0.15) is 37.0 Å². The molecule has 3 aromatic rings. The second kappa shape index (κ2) is 10.1. The molecule has 0 bridgehead atoms. The fourth-order valence-corrected chi connectivity index (χ4v) is 6.28. The summed E-state index contributed by atoms with van der Waals surface area (Å²) in [5.74, 6) is -2.27. The molecule has 0 unspecified atom stereocenters. The third-order valence-corrected chi connectivity index (χ3v) is 8.37. The lowest BCUT2D eigenvalue weighted by molar-refractivity contribution is -0.153. The number of amides is 1. The predicted octanol–water partition coefficient (Wildman–Crippen LogP) is 5.09. The van der Waals surface area contributed by atoms with Gasteiger partial charge in [0.25, 0.3) is 15.9 Å². The molecule has 0 aromatic heterocycles. The third kappa shape index (κ3) is 4.24. The molecule has 1 aliphatic heterocycles. The molecule has 186 valence electrons. The Bertz CT molecular complexity index is 1380. The predicted molar refractivity (Wildman–Crippen MR) is 138 cm³/mol. The first-order chi connectivity index (χ1) is 17.3. The molecule has 0 saturated carbocycles. The van der Waals surface area contributed by atoms with Gasteiger partial charge in [0.1, 0.15) is 0 Å². The van der Waals surface area contributed by atoms with Crippen LogP contribution >= 0.6 is 0 Å². The van der Waals surface area contributed by atoms with Gasteiger partial charge in [0.2, 0.25) is 0 Å². The Kier molecular flexibility index (Phi) is 7.13. The summed E-state index contributed by atoms with van der Waals surface area (Å²) in [6, 6.07) is 24.0. The summed E-state index contributed by atoms with van der Waals surface area (Å²) < 4.78 is 34.4. The zero-order valence-corrected chi connectivity index (χ0v) is 21.4. The number of hydrogen-bond donors (Lipinski definition) is 0. The first-order valence-electron chi connectivity index (χ1n) is 11.9. The van der Waals surface area contributed by atoms with E-state index in [0.29, 0.717) is 11.1 Å². The second-order valence-corrected chi connectivity index (χ2v) is 10.5. The van der Waals surface area contributed by atoms with Gasteiger partial charge in [-0.15, -0.1) is 0 Å². The molecule has 0 aliphatic carbocycles. The van der Waals surface area contributed by atoms with Crippen molar-refractivity contribution in [2.45, 2.75) is 37.5 Å². The number of ether oxygens (including phenoxy) is 1. The van der Waals surface area contributed by atoms with Gasteiger partial charge in [-0.1, -0.05) is 85.3 Å². The highest BCUT2D eigenvalue weighted by Gasteiger charge is 2.57. The van der Waals surface area contributed by atoms with Crippen molar-refractivity contribution in [3.05, 3.63) is 108 Å². The van der Waals surface area contributed by atoms with Crippen molar-refractivity contribution in [3.63, 3.8) is 0 Å². The van der Waals surface area contributed by atoms with Crippen molar-refractivity contribution in [3.8, 4) is 0 Å². The summed E-state index contributed by atoms with van der Waals surface area (Å²) in [5.41, 5.74) is 0.631. The normalized spacial score (nSPS) is 20.1. The van der Waals surface area contributed by atoms with Gasteiger partial charge in [-0.3, -0.25) is 9.59 Å². The van der Waals surface area contributed by atoms with Gasteiger partial charge in [-0.2, -0.15) is 0 Å². The molecule has 1 amide bonds. The molecule has 7 heteroatoms. The number of sulfonamides is 1. The second-order valence-electron chi connectivity index (χ2n) is 8.73. The summed E-state index contributed by atoms with van der Waals surface area (Å²) >= 11 is 0. The standard InChI is InChI=1S/C29H29NO5S/c1-4-29(23-14-10-7-11-15-23)25(27(31)35-5-2)20-26(22-12-8-6-9-13-22)30(28(29)32)36(33,34)24-18-16-21(3)17-19-24/h6-20,25H,4-5H2,1-3H3/t25-,29-/m1/s1. The number of benzene rings is 3. The largest absolute Gasteiger partial charge is 0.466 e. The fraction of sp³-hybridized carbons (Fsp3) is 0.241. The molecule has 2 atom stereocenters. The summed E-state index contributed by atoms with van der Waals surface area (Å²) in [6.07, 6.45) is 1.77. The Hall–Kier alpha value is -3.71. The minimum atomic E-state index is -4.31. The summed E-state index contributed by atoms with van der Waals surface area (Å²) in [4.78, 5) is 27.9. The topological polar surface area (TPSA) is 80.8 Å². The van der Waals surface area contributed by atoms with Gasteiger partial charge in [0.05, 0.1) is 28.5 Å². The minimum absolute atomic E-state index is 0.00377. The summed E-state index contributed by atoms with van der Waals surface area (Å²) in [5, 5.41) is 0. The van der Waals surface area contributed by atoms with Crippen LogP contribution in [0.2, 0.25) is 0 Å². The highest BCUT2D eigenvalue weighted by atomic mass is 32.2. The van der Waals surface area contributed by atoms with Crippen molar-refractivity contribution in [2.75, 3.05) is 6.61 Å². The summed E-state index contributed by atoms with van der Waals surface area (Å²) in [6.45, 7) is 5.49. The van der Waals surface area contributed by atoms with Gasteiger partial charge in [0.15, 0.2) is 0 Å². The Balaban J connectivity index is 2.05. The molecule has 0 radical (unpaired) electrons. The van der Waals surface area contributed by atoms with Gasteiger partial charge < -0.3 is 4.74 Å². The Morgan fingerprint density at radius 2 is 1.50 bits per heavy atom. The van der Waals surface area contributed by atoms with Crippen molar-refractivity contribution in [1.29, 1.82) is 0 Å². The zero-order chi connectivity index (χ0) is 25.9. The Morgan fingerprint density at radius 3 is 2.06 bits per heavy atom. The van der Waals surface area contributed by atoms with Gasteiger partial charge in [0, 0.05) is 0 Å². The molecule has 1 heterocycles. The van der Waals surface area contributed by atoms with Crippen LogP contribution in [0.15, 0.2) is 95.9 Å². The van der Waals surface area contributed by atoms with Crippen LogP contribution in [0.5, 0.6) is 0 Å². The SMILES string of the molecule is CCOC(=O)[C@H]1C=C(c2ccccc2)N(S(=O)(=O)c2ccc(C)cc2)C(=O)[C@]1(CC)c1ccccc1. The lowest BCUT2D eigenvalue weighted by Crippen LogP contribution is -2.56. The fourth-order valence-electron chi connectivity index (χ4n) is 4.78. The van der Waals surface area contributed by atoms with E-state index >= 15 is 0 Å². The quantitative estimate of drug-likeness (QED) is 0.420. The smallest absolute Gasteiger partial charge is 0.314 e.